The van der Waals surface area contributed by atoms with Gasteiger partial charge in [0.2, 0.25) is 0 Å². The van der Waals surface area contributed by atoms with Crippen LogP contribution in [0.1, 0.15) is 23.6 Å². The van der Waals surface area contributed by atoms with E-state index in [1.807, 2.05) is 0 Å². The van der Waals surface area contributed by atoms with E-state index in [9.17, 15) is 0 Å². The van der Waals surface area contributed by atoms with Gasteiger partial charge in [-0.1, -0.05) is 12.1 Å². The molecule has 3 unspecified atom stereocenters. The molecule has 1 aromatic carbocycles. The lowest BCUT2D eigenvalue weighted by molar-refractivity contribution is 0.0272. The van der Waals surface area contributed by atoms with Crippen LogP contribution in [-0.4, -0.2) is 26.3 Å². The summed E-state index contributed by atoms with van der Waals surface area (Å²) in [6, 6.07) is 7.23. The molecule has 3 heteroatoms. The molecule has 0 radical (unpaired) electrons. The first-order valence-corrected chi connectivity index (χ1v) is 6.35. The fourth-order valence-electron chi connectivity index (χ4n) is 3.22. The molecule has 3 nitrogen and oxygen atoms in total. The van der Waals surface area contributed by atoms with Gasteiger partial charge in [-0.05, 0) is 30.5 Å². The molecule has 0 aromatic heterocycles. The maximum absolute atomic E-state index is 6.41. The van der Waals surface area contributed by atoms with Gasteiger partial charge in [0.15, 0.2) is 0 Å². The largest absolute Gasteiger partial charge is 0.381 e. The van der Waals surface area contributed by atoms with Gasteiger partial charge >= 0.3 is 0 Å². The van der Waals surface area contributed by atoms with E-state index in [0.29, 0.717) is 12.0 Å². The number of hydrogen-bond donors (Lipinski definition) is 1. The van der Waals surface area contributed by atoms with E-state index in [4.69, 9.17) is 10.5 Å². The van der Waals surface area contributed by atoms with Crippen molar-refractivity contribution in [3.63, 3.8) is 0 Å². The molecular weight excluding hydrogens is 212 g/mol. The second-order valence-corrected chi connectivity index (χ2v) is 5.29. The second-order valence-electron chi connectivity index (χ2n) is 5.29. The Morgan fingerprint density at radius 2 is 2.24 bits per heavy atom. The van der Waals surface area contributed by atoms with Gasteiger partial charge in [0.05, 0.1) is 6.61 Å². The highest BCUT2D eigenvalue weighted by molar-refractivity contribution is 5.59. The minimum absolute atomic E-state index is 0.118. The van der Waals surface area contributed by atoms with Gasteiger partial charge in [-0.15, -0.1) is 0 Å². The molecular formula is C14H20N2O. The van der Waals surface area contributed by atoms with Crippen molar-refractivity contribution >= 4 is 5.69 Å². The van der Waals surface area contributed by atoms with Crippen LogP contribution in [0.25, 0.3) is 0 Å². The molecule has 2 aliphatic heterocycles. The minimum Gasteiger partial charge on any atom is -0.381 e. The average molecular weight is 232 g/mol. The highest BCUT2D eigenvalue weighted by Gasteiger charge is 2.39. The van der Waals surface area contributed by atoms with Crippen molar-refractivity contribution in [3.8, 4) is 0 Å². The van der Waals surface area contributed by atoms with Crippen LogP contribution < -0.4 is 10.6 Å². The Morgan fingerprint density at radius 1 is 1.41 bits per heavy atom. The quantitative estimate of drug-likeness (QED) is 0.742. The summed E-state index contributed by atoms with van der Waals surface area (Å²) in [7, 11) is 2.19. The first-order chi connectivity index (χ1) is 8.18. The number of nitrogens with two attached hydrogens (primary N) is 1. The monoisotopic (exact) mass is 232 g/mol. The number of fused-ring (bicyclic) bond motifs is 2. The Bertz CT molecular complexity index is 432. The zero-order valence-corrected chi connectivity index (χ0v) is 10.5. The van der Waals surface area contributed by atoms with Crippen LogP contribution in [0.3, 0.4) is 0 Å². The number of anilines is 1. The first-order valence-electron chi connectivity index (χ1n) is 6.35. The minimum atomic E-state index is 0.118. The van der Waals surface area contributed by atoms with Crippen molar-refractivity contribution in [1.29, 1.82) is 0 Å². The summed E-state index contributed by atoms with van der Waals surface area (Å²) in [6.45, 7) is 3.79. The third-order valence-electron chi connectivity index (χ3n) is 4.25. The fraction of sp³-hybridized carbons (Fsp3) is 0.571. The van der Waals surface area contributed by atoms with Crippen molar-refractivity contribution in [3.05, 3.63) is 29.3 Å². The fourth-order valence-corrected chi connectivity index (χ4v) is 3.22. The van der Waals surface area contributed by atoms with Crippen LogP contribution in [0.15, 0.2) is 18.2 Å². The molecule has 3 rings (SSSR count). The molecule has 2 heterocycles. The molecule has 17 heavy (non-hydrogen) atoms. The zero-order chi connectivity index (χ0) is 12.0. The van der Waals surface area contributed by atoms with Crippen LogP contribution in [0.2, 0.25) is 0 Å². The Morgan fingerprint density at radius 3 is 3.06 bits per heavy atom. The van der Waals surface area contributed by atoms with Gasteiger partial charge in [0.1, 0.15) is 0 Å². The van der Waals surface area contributed by atoms with Crippen molar-refractivity contribution < 1.29 is 4.74 Å². The SMILES string of the molecule is Cc1ccc2c(c1)N(C)C1CCOCC1C2N. The number of ether oxygens (including phenoxy) is 1. The van der Waals surface area contributed by atoms with Gasteiger partial charge in [-0.3, -0.25) is 0 Å². The molecule has 1 saturated heterocycles. The number of nitrogens with zero attached hydrogens (tertiary/aromatic N) is 1. The lowest BCUT2D eigenvalue weighted by atomic mass is 9.80. The smallest absolute Gasteiger partial charge is 0.0532 e. The van der Waals surface area contributed by atoms with Crippen molar-refractivity contribution in [2.75, 3.05) is 25.2 Å². The normalized spacial score (nSPS) is 31.9. The van der Waals surface area contributed by atoms with Crippen LogP contribution in [0.4, 0.5) is 5.69 Å². The van der Waals surface area contributed by atoms with Gasteiger partial charge in [0.25, 0.3) is 0 Å². The highest BCUT2D eigenvalue weighted by atomic mass is 16.5. The van der Waals surface area contributed by atoms with Gasteiger partial charge in [0, 0.05) is 37.3 Å². The van der Waals surface area contributed by atoms with E-state index in [1.165, 1.54) is 16.8 Å². The van der Waals surface area contributed by atoms with Gasteiger partial charge in [-0.2, -0.15) is 0 Å². The standard InChI is InChI=1S/C14H20N2O/c1-9-3-4-10-13(7-9)16(2)12-5-6-17-8-11(12)14(10)15/h3-4,7,11-12,14H,5-6,8,15H2,1-2H3. The summed E-state index contributed by atoms with van der Waals surface area (Å²) in [4.78, 5) is 2.40. The third-order valence-corrected chi connectivity index (χ3v) is 4.25. The molecule has 1 fully saturated rings. The molecule has 3 atom stereocenters. The highest BCUT2D eigenvalue weighted by Crippen LogP contribution is 2.41. The first kappa shape index (κ1) is 11.1. The molecule has 0 bridgehead atoms. The van der Waals surface area contributed by atoms with Crippen molar-refractivity contribution in [2.24, 2.45) is 11.7 Å². The number of aryl methyl sites for hydroxylation is 1. The van der Waals surface area contributed by atoms with E-state index in [-0.39, 0.29) is 6.04 Å². The molecule has 1 aromatic rings. The van der Waals surface area contributed by atoms with E-state index < -0.39 is 0 Å². The van der Waals surface area contributed by atoms with Crippen molar-refractivity contribution in [2.45, 2.75) is 25.4 Å². The van der Waals surface area contributed by atoms with Crippen LogP contribution >= 0.6 is 0 Å². The van der Waals surface area contributed by atoms with Gasteiger partial charge in [-0.25, -0.2) is 0 Å². The van der Waals surface area contributed by atoms with Gasteiger partial charge < -0.3 is 15.4 Å². The number of hydrogen-bond acceptors (Lipinski definition) is 3. The molecule has 0 aliphatic carbocycles. The molecule has 2 aliphatic rings. The predicted molar refractivity (Wildman–Crippen MR) is 69.2 cm³/mol. The maximum Gasteiger partial charge on any atom is 0.0532 e. The predicted octanol–water partition coefficient (Wildman–Crippen LogP) is 1.85. The maximum atomic E-state index is 6.41. The Labute approximate surface area is 103 Å². The molecule has 0 saturated carbocycles. The Hall–Kier alpha value is -1.06. The van der Waals surface area contributed by atoms with Crippen LogP contribution in [-0.2, 0) is 4.74 Å². The summed E-state index contributed by atoms with van der Waals surface area (Å²) < 4.78 is 5.59. The molecule has 92 valence electrons. The lowest BCUT2D eigenvalue weighted by Gasteiger charge is -2.47. The zero-order valence-electron chi connectivity index (χ0n) is 10.5. The molecule has 0 amide bonds. The van der Waals surface area contributed by atoms with E-state index in [2.05, 4.69) is 37.1 Å². The van der Waals surface area contributed by atoms with E-state index in [0.717, 1.165) is 19.6 Å². The summed E-state index contributed by atoms with van der Waals surface area (Å²) >= 11 is 0. The molecule has 2 N–H and O–H groups in total. The second kappa shape index (κ2) is 4.00. The summed E-state index contributed by atoms with van der Waals surface area (Å²) in [5, 5.41) is 0. The Balaban J connectivity index is 2.07. The summed E-state index contributed by atoms with van der Waals surface area (Å²) in [5.74, 6) is 0.434. The van der Waals surface area contributed by atoms with Crippen LogP contribution in [0.5, 0.6) is 0 Å². The van der Waals surface area contributed by atoms with E-state index in [1.54, 1.807) is 0 Å². The van der Waals surface area contributed by atoms with Crippen molar-refractivity contribution in [1.82, 2.24) is 0 Å². The topological polar surface area (TPSA) is 38.5 Å². The Kier molecular flexibility index (Phi) is 2.60. The average Bonchev–Trinajstić information content (AvgIpc) is 2.36. The lowest BCUT2D eigenvalue weighted by Crippen LogP contribution is -2.51. The summed E-state index contributed by atoms with van der Waals surface area (Å²) in [6.07, 6.45) is 1.09. The van der Waals surface area contributed by atoms with E-state index >= 15 is 0 Å². The number of rotatable bonds is 0. The third kappa shape index (κ3) is 1.65. The molecule has 0 spiro atoms. The summed E-state index contributed by atoms with van der Waals surface area (Å²) in [5.41, 5.74) is 10.3. The number of benzene rings is 1. The van der Waals surface area contributed by atoms with Crippen LogP contribution in [0, 0.1) is 12.8 Å².